The first-order chi connectivity index (χ1) is 10.9. The minimum Gasteiger partial charge on any atom is -0.393 e. The highest BCUT2D eigenvalue weighted by Gasteiger charge is 2.66. The molecule has 7 unspecified atom stereocenters. The molecule has 0 aromatic rings. The van der Waals surface area contributed by atoms with Crippen LogP contribution in [-0.2, 0) is 4.79 Å². The smallest absolute Gasteiger partial charge is 0.133 e. The van der Waals surface area contributed by atoms with E-state index in [2.05, 4.69) is 26.2 Å². The van der Waals surface area contributed by atoms with Crippen LogP contribution in [0.25, 0.3) is 0 Å². The third-order valence-electron chi connectivity index (χ3n) is 9.02. The Morgan fingerprint density at radius 3 is 2.48 bits per heavy atom. The van der Waals surface area contributed by atoms with E-state index < -0.39 is 0 Å². The van der Waals surface area contributed by atoms with E-state index in [1.54, 1.807) is 0 Å². The number of carbonyl (C=O) groups excluding carboxylic acids is 1. The minimum absolute atomic E-state index is 0.0905. The summed E-state index contributed by atoms with van der Waals surface area (Å²) in [6.45, 7) is 4.82. The second kappa shape index (κ2) is 5.05. The predicted molar refractivity (Wildman–Crippen MR) is 91.0 cm³/mol. The standard InChI is InChI=1S/C20H33NO2/c1-18-9-7-14(22)12-13(18)6-11-20(21-3)15-4-5-17(23)19(15,2)10-8-16(18)20/h13,15-17,21,23H,4-12H2,1-3H3. The van der Waals surface area contributed by atoms with E-state index in [0.717, 1.165) is 38.5 Å². The molecule has 4 aliphatic carbocycles. The van der Waals surface area contributed by atoms with Crippen molar-refractivity contribution < 1.29 is 9.90 Å². The fourth-order valence-corrected chi connectivity index (χ4v) is 7.63. The molecule has 7 atom stereocenters. The molecule has 3 nitrogen and oxygen atoms in total. The van der Waals surface area contributed by atoms with E-state index >= 15 is 0 Å². The Hall–Kier alpha value is -0.410. The molecule has 23 heavy (non-hydrogen) atoms. The van der Waals surface area contributed by atoms with Gasteiger partial charge in [-0.25, -0.2) is 0 Å². The number of fused-ring (bicyclic) bond motifs is 5. The van der Waals surface area contributed by atoms with Crippen molar-refractivity contribution in [3.05, 3.63) is 0 Å². The van der Waals surface area contributed by atoms with Gasteiger partial charge in [0.05, 0.1) is 6.10 Å². The molecule has 4 fully saturated rings. The van der Waals surface area contributed by atoms with Crippen molar-refractivity contribution in [2.75, 3.05) is 7.05 Å². The third-order valence-corrected chi connectivity index (χ3v) is 9.02. The summed E-state index contributed by atoms with van der Waals surface area (Å²) in [5.74, 6) is 2.33. The van der Waals surface area contributed by atoms with Gasteiger partial charge in [-0.05, 0) is 80.6 Å². The Kier molecular flexibility index (Phi) is 3.53. The lowest BCUT2D eigenvalue weighted by atomic mass is 9.42. The SMILES string of the molecule is CNC12CCC3CC(=O)CCC3(C)C1CCC1(C)C(O)CCC12. The molecule has 0 heterocycles. The Morgan fingerprint density at radius 2 is 1.74 bits per heavy atom. The lowest BCUT2D eigenvalue weighted by Gasteiger charge is -2.66. The normalized spacial score (nSPS) is 55.9. The molecule has 4 rings (SSSR count). The molecule has 0 radical (unpaired) electrons. The lowest BCUT2D eigenvalue weighted by Crippen LogP contribution is -2.69. The van der Waals surface area contributed by atoms with Gasteiger partial charge in [-0.15, -0.1) is 0 Å². The van der Waals surface area contributed by atoms with Gasteiger partial charge >= 0.3 is 0 Å². The molecule has 0 amide bonds. The van der Waals surface area contributed by atoms with Crippen molar-refractivity contribution >= 4 is 5.78 Å². The maximum absolute atomic E-state index is 12.0. The number of aliphatic hydroxyl groups is 1. The summed E-state index contributed by atoms with van der Waals surface area (Å²) in [5.41, 5.74) is 0.577. The van der Waals surface area contributed by atoms with Gasteiger partial charge in [0.1, 0.15) is 5.78 Å². The van der Waals surface area contributed by atoms with Gasteiger partial charge in [0, 0.05) is 18.4 Å². The van der Waals surface area contributed by atoms with Crippen LogP contribution in [0.15, 0.2) is 0 Å². The molecule has 0 aromatic heterocycles. The van der Waals surface area contributed by atoms with E-state index in [9.17, 15) is 9.90 Å². The zero-order valence-electron chi connectivity index (χ0n) is 15.0. The number of ketones is 1. The molecule has 130 valence electrons. The van der Waals surface area contributed by atoms with Crippen molar-refractivity contribution in [3.8, 4) is 0 Å². The van der Waals surface area contributed by atoms with Crippen LogP contribution in [0, 0.1) is 28.6 Å². The number of hydrogen-bond acceptors (Lipinski definition) is 3. The monoisotopic (exact) mass is 319 g/mol. The molecule has 2 N–H and O–H groups in total. The maximum Gasteiger partial charge on any atom is 0.133 e. The van der Waals surface area contributed by atoms with Gasteiger partial charge in [0.2, 0.25) is 0 Å². The number of rotatable bonds is 1. The quantitative estimate of drug-likeness (QED) is 0.779. The van der Waals surface area contributed by atoms with Crippen LogP contribution in [0.5, 0.6) is 0 Å². The van der Waals surface area contributed by atoms with Gasteiger partial charge in [0.15, 0.2) is 0 Å². The van der Waals surface area contributed by atoms with Crippen LogP contribution in [0.1, 0.15) is 71.6 Å². The van der Waals surface area contributed by atoms with Gasteiger partial charge < -0.3 is 10.4 Å². The number of nitrogens with one attached hydrogen (secondary N) is 1. The molecule has 0 spiro atoms. The third kappa shape index (κ3) is 1.93. The highest BCUT2D eigenvalue weighted by molar-refractivity contribution is 5.79. The molecular weight excluding hydrogens is 286 g/mol. The first kappa shape index (κ1) is 16.1. The first-order valence-electron chi connectivity index (χ1n) is 9.75. The molecule has 3 heteroatoms. The summed E-state index contributed by atoms with van der Waals surface area (Å²) in [6.07, 6.45) is 9.43. The lowest BCUT2D eigenvalue weighted by molar-refractivity contribution is -0.155. The van der Waals surface area contributed by atoms with Gasteiger partial charge in [-0.2, -0.15) is 0 Å². The largest absolute Gasteiger partial charge is 0.393 e. The van der Waals surface area contributed by atoms with Crippen molar-refractivity contribution in [3.63, 3.8) is 0 Å². The summed E-state index contributed by atoms with van der Waals surface area (Å²) in [6, 6.07) is 0. The zero-order chi connectivity index (χ0) is 16.5. The van der Waals surface area contributed by atoms with Crippen LogP contribution in [0.2, 0.25) is 0 Å². The Bertz CT molecular complexity index is 520. The second-order valence-electron chi connectivity index (χ2n) is 9.52. The zero-order valence-corrected chi connectivity index (χ0v) is 15.0. The molecule has 4 aliphatic rings. The summed E-state index contributed by atoms with van der Waals surface area (Å²) in [7, 11) is 2.15. The molecule has 4 saturated carbocycles. The minimum atomic E-state index is -0.128. The van der Waals surface area contributed by atoms with Crippen LogP contribution in [0.4, 0.5) is 0 Å². The van der Waals surface area contributed by atoms with Gasteiger partial charge in [-0.3, -0.25) is 4.79 Å². The highest BCUT2D eigenvalue weighted by Crippen LogP contribution is 2.67. The summed E-state index contributed by atoms with van der Waals surface area (Å²) >= 11 is 0. The fourth-order valence-electron chi connectivity index (χ4n) is 7.63. The van der Waals surface area contributed by atoms with Crippen molar-refractivity contribution in [2.24, 2.45) is 28.6 Å². The summed E-state index contributed by atoms with van der Waals surface area (Å²) in [5, 5.41) is 14.5. The maximum atomic E-state index is 12.0. The van der Waals surface area contributed by atoms with E-state index in [0.29, 0.717) is 29.0 Å². The highest BCUT2D eigenvalue weighted by atomic mass is 16.3. The molecule has 0 aliphatic heterocycles. The van der Waals surface area contributed by atoms with Crippen molar-refractivity contribution in [1.29, 1.82) is 0 Å². The van der Waals surface area contributed by atoms with E-state index in [-0.39, 0.29) is 17.1 Å². The van der Waals surface area contributed by atoms with Crippen molar-refractivity contribution in [1.82, 2.24) is 5.32 Å². The predicted octanol–water partition coefficient (Wildman–Crippen LogP) is 3.30. The van der Waals surface area contributed by atoms with Crippen LogP contribution in [0.3, 0.4) is 0 Å². The van der Waals surface area contributed by atoms with E-state index in [1.165, 1.54) is 19.3 Å². The second-order valence-corrected chi connectivity index (χ2v) is 9.52. The summed E-state index contributed by atoms with van der Waals surface area (Å²) in [4.78, 5) is 12.0. The number of Topliss-reactive ketones (excluding diaryl/α,β-unsaturated/α-hetero) is 1. The topological polar surface area (TPSA) is 49.3 Å². The molecule has 0 saturated heterocycles. The van der Waals surface area contributed by atoms with Gasteiger partial charge in [0.25, 0.3) is 0 Å². The summed E-state index contributed by atoms with van der Waals surface area (Å²) < 4.78 is 0. The van der Waals surface area contributed by atoms with Crippen LogP contribution < -0.4 is 5.32 Å². The Morgan fingerprint density at radius 1 is 1.00 bits per heavy atom. The number of carbonyl (C=O) groups is 1. The Balaban J connectivity index is 1.74. The molecular formula is C20H33NO2. The van der Waals surface area contributed by atoms with E-state index in [1.807, 2.05) is 0 Å². The van der Waals surface area contributed by atoms with Crippen LogP contribution in [-0.4, -0.2) is 29.6 Å². The average Bonchev–Trinajstić information content (AvgIpc) is 2.84. The van der Waals surface area contributed by atoms with Gasteiger partial charge in [-0.1, -0.05) is 13.8 Å². The Labute approximate surface area is 140 Å². The van der Waals surface area contributed by atoms with Crippen molar-refractivity contribution in [2.45, 2.75) is 83.3 Å². The van der Waals surface area contributed by atoms with Crippen LogP contribution >= 0.6 is 0 Å². The first-order valence-corrected chi connectivity index (χ1v) is 9.75. The number of aliphatic hydroxyl groups excluding tert-OH is 1. The fraction of sp³-hybridized carbons (Fsp3) is 0.950. The molecule has 0 bridgehead atoms. The average molecular weight is 319 g/mol. The number of hydrogen-bond donors (Lipinski definition) is 2. The molecule has 0 aromatic carbocycles. The van der Waals surface area contributed by atoms with E-state index in [4.69, 9.17) is 0 Å².